The van der Waals surface area contributed by atoms with Gasteiger partial charge in [0.2, 0.25) is 0 Å². The van der Waals surface area contributed by atoms with Gasteiger partial charge in [-0.15, -0.1) is 0 Å². The first-order chi connectivity index (χ1) is 14.5. The van der Waals surface area contributed by atoms with Crippen LogP contribution in [-0.4, -0.2) is 29.9 Å². The zero-order valence-electron chi connectivity index (χ0n) is 17.1. The van der Waals surface area contributed by atoms with Crippen LogP contribution in [0.2, 0.25) is 0 Å². The van der Waals surface area contributed by atoms with Crippen molar-refractivity contribution in [3.63, 3.8) is 0 Å². The van der Waals surface area contributed by atoms with E-state index in [9.17, 15) is 9.90 Å². The van der Waals surface area contributed by atoms with Crippen LogP contribution in [0.5, 0.6) is 11.5 Å². The summed E-state index contributed by atoms with van der Waals surface area (Å²) < 4.78 is 12.4. The highest BCUT2D eigenvalue weighted by molar-refractivity contribution is 5.99. The topological polar surface area (TPSA) is 60.7 Å². The van der Waals surface area contributed by atoms with Gasteiger partial charge in [0.25, 0.3) is 0 Å². The van der Waals surface area contributed by atoms with E-state index >= 15 is 0 Å². The minimum absolute atomic E-state index is 0.265. The number of para-hydroxylation sites is 1. The standard InChI is InChI=1S/C25H23NO4/c1-26-21-7-5-4-6-20(21)23(24(26)25(27)28)22(16-8-12-18(29-2)13-9-16)17-10-14-19(30-3)15-11-17/h4-15,22H,1-3H3,(H,27,28). The summed E-state index contributed by atoms with van der Waals surface area (Å²) in [4.78, 5) is 12.3. The number of benzene rings is 3. The number of aromatic nitrogens is 1. The SMILES string of the molecule is COc1ccc(C(c2ccc(OC)cc2)c2c(C(=O)O)n(C)c3ccccc23)cc1. The lowest BCUT2D eigenvalue weighted by Crippen LogP contribution is -2.12. The summed E-state index contributed by atoms with van der Waals surface area (Å²) in [6, 6.07) is 23.3. The third kappa shape index (κ3) is 3.28. The number of carbonyl (C=O) groups is 1. The van der Waals surface area contributed by atoms with Crippen molar-refractivity contribution in [2.24, 2.45) is 7.05 Å². The summed E-state index contributed by atoms with van der Waals surface area (Å²) in [5.74, 6) is 0.293. The lowest BCUT2D eigenvalue weighted by atomic mass is 9.83. The van der Waals surface area contributed by atoms with Crippen LogP contribution in [-0.2, 0) is 7.05 Å². The second-order valence-corrected chi connectivity index (χ2v) is 7.12. The van der Waals surface area contributed by atoms with Crippen LogP contribution < -0.4 is 9.47 Å². The quantitative estimate of drug-likeness (QED) is 0.490. The van der Waals surface area contributed by atoms with Gasteiger partial charge in [0, 0.05) is 29.4 Å². The van der Waals surface area contributed by atoms with Crippen LogP contribution in [0.1, 0.15) is 33.1 Å². The van der Waals surface area contributed by atoms with E-state index in [2.05, 4.69) is 0 Å². The minimum Gasteiger partial charge on any atom is -0.497 e. The number of nitrogens with zero attached hydrogens (tertiary/aromatic N) is 1. The van der Waals surface area contributed by atoms with Gasteiger partial charge < -0.3 is 19.1 Å². The second kappa shape index (κ2) is 7.95. The largest absolute Gasteiger partial charge is 0.497 e. The third-order valence-electron chi connectivity index (χ3n) is 5.54. The summed E-state index contributed by atoms with van der Waals surface area (Å²) >= 11 is 0. The van der Waals surface area contributed by atoms with Gasteiger partial charge in [-0.1, -0.05) is 42.5 Å². The summed E-state index contributed by atoms with van der Waals surface area (Å²) in [7, 11) is 5.06. The number of fused-ring (bicyclic) bond motifs is 1. The molecule has 30 heavy (non-hydrogen) atoms. The maximum absolute atomic E-state index is 12.3. The summed E-state index contributed by atoms with van der Waals surface area (Å²) in [6.07, 6.45) is 0. The number of carboxylic acids is 1. The number of methoxy groups -OCH3 is 2. The van der Waals surface area contributed by atoms with Crippen molar-refractivity contribution in [2.45, 2.75) is 5.92 Å². The van der Waals surface area contributed by atoms with Gasteiger partial charge in [-0.25, -0.2) is 4.79 Å². The first-order valence-electron chi connectivity index (χ1n) is 9.63. The molecule has 1 aromatic heterocycles. The molecule has 0 saturated carbocycles. The zero-order valence-corrected chi connectivity index (χ0v) is 17.1. The fourth-order valence-electron chi connectivity index (χ4n) is 4.09. The van der Waals surface area contributed by atoms with Gasteiger partial charge in [-0.3, -0.25) is 0 Å². The molecular formula is C25H23NO4. The number of hydrogen-bond acceptors (Lipinski definition) is 3. The Kier molecular flexibility index (Phi) is 5.19. The highest BCUT2D eigenvalue weighted by atomic mass is 16.5. The van der Waals surface area contributed by atoms with E-state index in [4.69, 9.17) is 9.47 Å². The van der Waals surface area contributed by atoms with E-state index in [1.807, 2.05) is 72.8 Å². The van der Waals surface area contributed by atoms with Crippen LogP contribution in [0.15, 0.2) is 72.8 Å². The Bertz CT molecular complexity index is 1140. The summed E-state index contributed by atoms with van der Waals surface area (Å²) in [5.41, 5.74) is 3.92. The van der Waals surface area contributed by atoms with Crippen LogP contribution in [0.4, 0.5) is 0 Å². The molecule has 0 aliphatic rings. The highest BCUT2D eigenvalue weighted by Crippen LogP contribution is 2.40. The zero-order chi connectivity index (χ0) is 21.3. The Hall–Kier alpha value is -3.73. The molecule has 5 nitrogen and oxygen atoms in total. The first-order valence-corrected chi connectivity index (χ1v) is 9.63. The predicted molar refractivity (Wildman–Crippen MR) is 117 cm³/mol. The van der Waals surface area contributed by atoms with E-state index < -0.39 is 5.97 Å². The normalized spacial score (nSPS) is 11.1. The molecule has 0 atom stereocenters. The molecule has 0 amide bonds. The average molecular weight is 401 g/mol. The van der Waals surface area contributed by atoms with E-state index in [-0.39, 0.29) is 11.6 Å². The van der Waals surface area contributed by atoms with E-state index in [0.717, 1.165) is 39.1 Å². The van der Waals surface area contributed by atoms with Gasteiger partial charge in [-0.2, -0.15) is 0 Å². The molecule has 0 spiro atoms. The highest BCUT2D eigenvalue weighted by Gasteiger charge is 2.29. The Balaban J connectivity index is 2.02. The lowest BCUT2D eigenvalue weighted by Gasteiger charge is -2.20. The molecule has 4 rings (SSSR count). The molecular weight excluding hydrogens is 378 g/mol. The van der Waals surface area contributed by atoms with E-state index in [0.29, 0.717) is 0 Å². The van der Waals surface area contributed by atoms with Gasteiger partial charge in [0.05, 0.1) is 14.2 Å². The molecule has 1 heterocycles. The maximum atomic E-state index is 12.3. The number of rotatable bonds is 6. The van der Waals surface area contributed by atoms with Gasteiger partial charge in [0.15, 0.2) is 0 Å². The summed E-state index contributed by atoms with van der Waals surface area (Å²) in [5, 5.41) is 11.0. The Morgan fingerprint density at radius 2 is 1.33 bits per heavy atom. The number of aryl methyl sites for hydroxylation is 1. The van der Waals surface area contributed by atoms with Crippen molar-refractivity contribution in [1.82, 2.24) is 4.57 Å². The molecule has 4 aromatic rings. The molecule has 152 valence electrons. The maximum Gasteiger partial charge on any atom is 0.352 e. The lowest BCUT2D eigenvalue weighted by molar-refractivity contribution is 0.0685. The second-order valence-electron chi connectivity index (χ2n) is 7.12. The Morgan fingerprint density at radius 1 is 0.833 bits per heavy atom. The Morgan fingerprint density at radius 3 is 1.80 bits per heavy atom. The van der Waals surface area contributed by atoms with Crippen LogP contribution >= 0.6 is 0 Å². The van der Waals surface area contributed by atoms with Crippen molar-refractivity contribution in [3.05, 3.63) is 95.2 Å². The fraction of sp³-hybridized carbons (Fsp3) is 0.160. The van der Waals surface area contributed by atoms with E-state index in [1.165, 1.54) is 0 Å². The smallest absolute Gasteiger partial charge is 0.352 e. The van der Waals surface area contributed by atoms with Crippen LogP contribution in [0.25, 0.3) is 10.9 Å². The van der Waals surface area contributed by atoms with Gasteiger partial charge >= 0.3 is 5.97 Å². The molecule has 5 heteroatoms. The molecule has 0 aliphatic heterocycles. The first kappa shape index (κ1) is 19.6. The molecule has 0 aliphatic carbocycles. The molecule has 0 unspecified atom stereocenters. The molecule has 0 saturated heterocycles. The van der Waals surface area contributed by atoms with Gasteiger partial charge in [-0.05, 0) is 41.5 Å². The molecule has 0 radical (unpaired) electrons. The average Bonchev–Trinajstić information content (AvgIpc) is 3.07. The van der Waals surface area contributed by atoms with Crippen molar-refractivity contribution in [2.75, 3.05) is 14.2 Å². The number of aromatic carboxylic acids is 1. The predicted octanol–water partition coefficient (Wildman–Crippen LogP) is 5.07. The number of hydrogen-bond donors (Lipinski definition) is 1. The third-order valence-corrected chi connectivity index (χ3v) is 5.54. The van der Waals surface area contributed by atoms with Crippen molar-refractivity contribution >= 4 is 16.9 Å². The molecule has 0 fully saturated rings. The van der Waals surface area contributed by atoms with Gasteiger partial charge in [0.1, 0.15) is 17.2 Å². The summed E-state index contributed by atoms with van der Waals surface area (Å²) in [6.45, 7) is 0. The van der Waals surface area contributed by atoms with Crippen molar-refractivity contribution < 1.29 is 19.4 Å². The van der Waals surface area contributed by atoms with Crippen LogP contribution in [0.3, 0.4) is 0 Å². The minimum atomic E-state index is -0.948. The number of ether oxygens (including phenoxy) is 2. The fourth-order valence-corrected chi connectivity index (χ4v) is 4.09. The van der Waals surface area contributed by atoms with Crippen molar-refractivity contribution in [1.29, 1.82) is 0 Å². The van der Waals surface area contributed by atoms with Crippen LogP contribution in [0, 0.1) is 0 Å². The van der Waals surface area contributed by atoms with E-state index in [1.54, 1.807) is 25.8 Å². The number of carboxylic acid groups (broad SMARTS) is 1. The Labute approximate surface area is 175 Å². The molecule has 0 bridgehead atoms. The molecule has 3 aromatic carbocycles. The molecule has 1 N–H and O–H groups in total. The van der Waals surface area contributed by atoms with Crippen molar-refractivity contribution in [3.8, 4) is 11.5 Å². The monoisotopic (exact) mass is 401 g/mol.